The zero-order valence-electron chi connectivity index (χ0n) is 10.0. The molecule has 2 N–H and O–H groups in total. The van der Waals surface area contributed by atoms with Crippen LogP contribution >= 0.6 is 11.8 Å². The standard InChI is InChI=1S/C14H10FNO2S/c1-7-4-9(15)6-12-13(7)16-10-3-2-8(14(17)18)5-11(10)19-12/h2-6,16H,1H3,(H,17,18). The lowest BCUT2D eigenvalue weighted by Gasteiger charge is -2.22. The summed E-state index contributed by atoms with van der Waals surface area (Å²) in [4.78, 5) is 12.5. The predicted molar refractivity (Wildman–Crippen MR) is 71.9 cm³/mol. The van der Waals surface area contributed by atoms with Crippen LogP contribution in [0.25, 0.3) is 0 Å². The SMILES string of the molecule is Cc1cc(F)cc2c1Nc1ccc(C(=O)O)cc1S2. The Kier molecular flexibility index (Phi) is 2.71. The van der Waals surface area contributed by atoms with Gasteiger partial charge in [0.2, 0.25) is 0 Å². The summed E-state index contributed by atoms with van der Waals surface area (Å²) in [5, 5.41) is 12.2. The van der Waals surface area contributed by atoms with Gasteiger partial charge in [0.05, 0.1) is 16.9 Å². The van der Waals surface area contributed by atoms with Crippen LogP contribution in [0.5, 0.6) is 0 Å². The Morgan fingerprint density at radius 1 is 1.26 bits per heavy atom. The van der Waals surface area contributed by atoms with Gasteiger partial charge in [-0.25, -0.2) is 9.18 Å². The number of nitrogens with one attached hydrogen (secondary N) is 1. The first-order chi connectivity index (χ1) is 9.04. The van der Waals surface area contributed by atoms with E-state index < -0.39 is 5.97 Å². The van der Waals surface area contributed by atoms with Gasteiger partial charge >= 0.3 is 5.97 Å². The van der Waals surface area contributed by atoms with Gasteiger partial charge in [-0.1, -0.05) is 11.8 Å². The fourth-order valence-electron chi connectivity index (χ4n) is 2.05. The van der Waals surface area contributed by atoms with Crippen molar-refractivity contribution >= 4 is 29.1 Å². The molecule has 0 bridgehead atoms. The number of fused-ring (bicyclic) bond motifs is 2. The average Bonchev–Trinajstić information content (AvgIpc) is 2.35. The first kappa shape index (κ1) is 12.0. The van der Waals surface area contributed by atoms with Crippen molar-refractivity contribution in [2.24, 2.45) is 0 Å². The van der Waals surface area contributed by atoms with E-state index in [-0.39, 0.29) is 11.4 Å². The first-order valence-corrected chi connectivity index (χ1v) is 6.48. The van der Waals surface area contributed by atoms with E-state index >= 15 is 0 Å². The van der Waals surface area contributed by atoms with Crippen LogP contribution in [-0.4, -0.2) is 11.1 Å². The topological polar surface area (TPSA) is 49.3 Å². The highest BCUT2D eigenvalue weighted by molar-refractivity contribution is 7.99. The maximum absolute atomic E-state index is 13.4. The van der Waals surface area contributed by atoms with Crippen LogP contribution in [0.4, 0.5) is 15.8 Å². The molecule has 0 unspecified atom stereocenters. The van der Waals surface area contributed by atoms with Gasteiger partial charge in [-0.2, -0.15) is 0 Å². The van der Waals surface area contributed by atoms with Crippen molar-refractivity contribution in [3.63, 3.8) is 0 Å². The third-order valence-corrected chi connectivity index (χ3v) is 4.07. The van der Waals surface area contributed by atoms with E-state index in [1.165, 1.54) is 23.9 Å². The monoisotopic (exact) mass is 275 g/mol. The molecule has 0 aliphatic carbocycles. The van der Waals surface area contributed by atoms with Gasteiger partial charge in [0.25, 0.3) is 0 Å². The van der Waals surface area contributed by atoms with Crippen molar-refractivity contribution < 1.29 is 14.3 Å². The van der Waals surface area contributed by atoms with Crippen molar-refractivity contribution in [3.05, 3.63) is 47.3 Å². The summed E-state index contributed by atoms with van der Waals surface area (Å²) in [6.45, 7) is 1.84. The van der Waals surface area contributed by atoms with Gasteiger partial charge in [0.15, 0.2) is 0 Å². The lowest BCUT2D eigenvalue weighted by molar-refractivity contribution is 0.0696. The highest BCUT2D eigenvalue weighted by Crippen LogP contribution is 2.45. The minimum absolute atomic E-state index is 0.227. The summed E-state index contributed by atoms with van der Waals surface area (Å²) >= 11 is 1.38. The third-order valence-electron chi connectivity index (χ3n) is 2.97. The second-order valence-corrected chi connectivity index (χ2v) is 5.42. The number of hydrogen-bond donors (Lipinski definition) is 2. The maximum atomic E-state index is 13.4. The zero-order valence-corrected chi connectivity index (χ0v) is 10.8. The Morgan fingerprint density at radius 2 is 2.05 bits per heavy atom. The minimum Gasteiger partial charge on any atom is -0.478 e. The van der Waals surface area contributed by atoms with Crippen molar-refractivity contribution in [1.29, 1.82) is 0 Å². The highest BCUT2D eigenvalue weighted by Gasteiger charge is 2.19. The van der Waals surface area contributed by atoms with Crippen LogP contribution in [0.2, 0.25) is 0 Å². The minimum atomic E-state index is -0.968. The van der Waals surface area contributed by atoms with Crippen LogP contribution in [0, 0.1) is 12.7 Å². The fourth-order valence-corrected chi connectivity index (χ4v) is 3.19. The molecular weight excluding hydrogens is 265 g/mol. The van der Waals surface area contributed by atoms with Crippen molar-refractivity contribution in [3.8, 4) is 0 Å². The van der Waals surface area contributed by atoms with Crippen LogP contribution in [0.15, 0.2) is 40.1 Å². The molecule has 0 atom stereocenters. The Hall–Kier alpha value is -2.01. The molecule has 0 aromatic heterocycles. The van der Waals surface area contributed by atoms with E-state index in [0.717, 1.165) is 26.7 Å². The molecule has 1 heterocycles. The lowest BCUT2D eigenvalue weighted by Crippen LogP contribution is -2.04. The summed E-state index contributed by atoms with van der Waals surface area (Å²) < 4.78 is 13.4. The predicted octanol–water partition coefficient (Wildman–Crippen LogP) is 4.04. The molecule has 0 saturated heterocycles. The van der Waals surface area contributed by atoms with E-state index in [4.69, 9.17) is 5.11 Å². The Balaban J connectivity index is 2.09. The molecule has 5 heteroatoms. The number of aryl methyl sites for hydroxylation is 1. The van der Waals surface area contributed by atoms with E-state index in [1.54, 1.807) is 18.2 Å². The van der Waals surface area contributed by atoms with Gasteiger partial charge in [0, 0.05) is 9.79 Å². The number of carboxylic acids is 1. The molecule has 1 aliphatic rings. The second-order valence-electron chi connectivity index (χ2n) is 4.34. The number of anilines is 2. The number of carbonyl (C=O) groups is 1. The first-order valence-electron chi connectivity index (χ1n) is 5.67. The van der Waals surface area contributed by atoms with Gasteiger partial charge in [-0.05, 0) is 42.8 Å². The normalized spacial score (nSPS) is 12.3. The van der Waals surface area contributed by atoms with Crippen molar-refractivity contribution in [2.45, 2.75) is 16.7 Å². The molecule has 0 fully saturated rings. The second kappa shape index (κ2) is 4.28. The molecule has 2 aromatic carbocycles. The number of rotatable bonds is 1. The van der Waals surface area contributed by atoms with Gasteiger partial charge < -0.3 is 10.4 Å². The molecule has 0 spiro atoms. The van der Waals surface area contributed by atoms with Gasteiger partial charge in [-0.15, -0.1) is 0 Å². The molecule has 3 rings (SSSR count). The van der Waals surface area contributed by atoms with E-state index in [0.29, 0.717) is 0 Å². The van der Waals surface area contributed by atoms with E-state index in [9.17, 15) is 9.18 Å². The number of halogens is 1. The van der Waals surface area contributed by atoms with Gasteiger partial charge in [-0.3, -0.25) is 0 Å². The fraction of sp³-hybridized carbons (Fsp3) is 0.0714. The Bertz CT molecular complexity index is 700. The highest BCUT2D eigenvalue weighted by atomic mass is 32.2. The third kappa shape index (κ3) is 2.06. The summed E-state index contributed by atoms with van der Waals surface area (Å²) in [6.07, 6.45) is 0. The maximum Gasteiger partial charge on any atom is 0.335 e. The molecule has 2 aromatic rings. The molecule has 96 valence electrons. The summed E-state index contributed by atoms with van der Waals surface area (Å²) in [7, 11) is 0. The molecule has 0 saturated carbocycles. The molecular formula is C14H10FNO2S. The average molecular weight is 275 g/mol. The van der Waals surface area contributed by atoms with Crippen LogP contribution in [0.1, 0.15) is 15.9 Å². The molecule has 1 aliphatic heterocycles. The number of hydrogen-bond acceptors (Lipinski definition) is 3. The Morgan fingerprint density at radius 3 is 2.79 bits per heavy atom. The number of carboxylic acid groups (broad SMARTS) is 1. The van der Waals surface area contributed by atoms with Gasteiger partial charge in [0.1, 0.15) is 5.82 Å². The molecule has 19 heavy (non-hydrogen) atoms. The molecule has 0 radical (unpaired) electrons. The number of aromatic carboxylic acids is 1. The summed E-state index contributed by atoms with van der Waals surface area (Å²) in [5.74, 6) is -1.26. The lowest BCUT2D eigenvalue weighted by atomic mass is 10.1. The van der Waals surface area contributed by atoms with E-state index in [2.05, 4.69) is 5.32 Å². The van der Waals surface area contributed by atoms with Crippen LogP contribution < -0.4 is 5.32 Å². The van der Waals surface area contributed by atoms with Crippen molar-refractivity contribution in [2.75, 3.05) is 5.32 Å². The molecule has 0 amide bonds. The van der Waals surface area contributed by atoms with Crippen LogP contribution in [0.3, 0.4) is 0 Å². The zero-order chi connectivity index (χ0) is 13.6. The largest absolute Gasteiger partial charge is 0.478 e. The van der Waals surface area contributed by atoms with Crippen LogP contribution in [-0.2, 0) is 0 Å². The number of benzene rings is 2. The Labute approximate surface area is 113 Å². The summed E-state index contributed by atoms with van der Waals surface area (Å²) in [5.41, 5.74) is 2.78. The quantitative estimate of drug-likeness (QED) is 0.703. The van der Waals surface area contributed by atoms with Crippen molar-refractivity contribution in [1.82, 2.24) is 0 Å². The smallest absolute Gasteiger partial charge is 0.335 e. The van der Waals surface area contributed by atoms with E-state index in [1.807, 2.05) is 6.92 Å². The molecule has 3 nitrogen and oxygen atoms in total. The summed E-state index contributed by atoms with van der Waals surface area (Å²) in [6, 6.07) is 7.81.